The van der Waals surface area contributed by atoms with Crippen LogP contribution in [-0.4, -0.2) is 22.3 Å². The maximum absolute atomic E-state index is 10.8. The van der Waals surface area contributed by atoms with Crippen molar-refractivity contribution in [2.45, 2.75) is 26.1 Å². The lowest BCUT2D eigenvalue weighted by Crippen LogP contribution is -2.32. The second-order valence-electron chi connectivity index (χ2n) is 4.14. The van der Waals surface area contributed by atoms with Crippen molar-refractivity contribution in [1.82, 2.24) is 4.98 Å². The van der Waals surface area contributed by atoms with Crippen molar-refractivity contribution in [3.63, 3.8) is 0 Å². The first-order valence-electron chi connectivity index (χ1n) is 5.28. The highest BCUT2D eigenvalue weighted by atomic mass is 79.9. The summed E-state index contributed by atoms with van der Waals surface area (Å²) in [4.78, 5) is 14.7. The van der Waals surface area contributed by atoms with E-state index in [1.165, 1.54) is 6.07 Å². The predicted octanol–water partition coefficient (Wildman–Crippen LogP) is 2.65. The maximum Gasteiger partial charge on any atom is 0.404 e. The summed E-state index contributed by atoms with van der Waals surface area (Å²) in [6, 6.07) is 3.12. The molecule has 3 N–H and O–H groups in total. The number of aromatic nitrogens is 1. The summed E-state index contributed by atoms with van der Waals surface area (Å²) in [5.74, 6) is -0.0989. The Hall–Kier alpha value is -0.850. The van der Waals surface area contributed by atoms with E-state index in [4.69, 9.17) is 22.1 Å². The number of pyridine rings is 1. The van der Waals surface area contributed by atoms with Crippen LogP contribution in [-0.2, 0) is 4.74 Å². The molecule has 1 aromatic rings. The lowest BCUT2D eigenvalue weighted by Gasteiger charge is -2.25. The van der Waals surface area contributed by atoms with Crippen molar-refractivity contribution < 1.29 is 14.6 Å². The molecule has 2 atom stereocenters. The summed E-state index contributed by atoms with van der Waals surface area (Å²) < 4.78 is 5.41. The summed E-state index contributed by atoms with van der Waals surface area (Å²) >= 11 is 8.98. The van der Waals surface area contributed by atoms with E-state index in [1.807, 2.05) is 13.8 Å². The Bertz CT molecular complexity index is 422. The van der Waals surface area contributed by atoms with Crippen LogP contribution in [0, 0.1) is 5.92 Å². The molecule has 0 aromatic carbocycles. The lowest BCUT2D eigenvalue weighted by atomic mass is 9.96. The molecule has 0 bridgehead atoms. The molecule has 0 spiro atoms. The Labute approximate surface area is 118 Å². The number of hydrogen-bond donors (Lipinski definition) is 2. The number of hydrogen-bond acceptors (Lipinski definition) is 4. The average molecular weight is 338 g/mol. The maximum atomic E-state index is 10.8. The number of nitrogens with two attached hydrogens (primary N) is 1. The normalized spacial score (nSPS) is 14.3. The van der Waals surface area contributed by atoms with E-state index in [1.54, 1.807) is 6.07 Å². The highest BCUT2D eigenvalue weighted by Crippen LogP contribution is 2.27. The van der Waals surface area contributed by atoms with Crippen LogP contribution in [0.15, 0.2) is 16.7 Å². The quantitative estimate of drug-likeness (QED) is 0.827. The smallest absolute Gasteiger partial charge is 0.404 e. The SMILES string of the molecule is CC(C)C(OC(N)=O)C(O)c1cc(Cl)nc(Br)c1. The summed E-state index contributed by atoms with van der Waals surface area (Å²) in [6.07, 6.45) is -2.69. The van der Waals surface area contributed by atoms with Gasteiger partial charge in [0.15, 0.2) is 0 Å². The number of amides is 1. The van der Waals surface area contributed by atoms with Gasteiger partial charge >= 0.3 is 6.09 Å². The fourth-order valence-corrected chi connectivity index (χ4v) is 2.32. The highest BCUT2D eigenvalue weighted by molar-refractivity contribution is 9.10. The zero-order valence-corrected chi connectivity index (χ0v) is 12.3. The van der Waals surface area contributed by atoms with Crippen molar-refractivity contribution in [3.05, 3.63) is 27.5 Å². The third kappa shape index (κ3) is 4.12. The highest BCUT2D eigenvalue weighted by Gasteiger charge is 2.27. The minimum absolute atomic E-state index is 0.0989. The van der Waals surface area contributed by atoms with Gasteiger partial charge in [-0.15, -0.1) is 0 Å². The molecule has 0 radical (unpaired) electrons. The molecule has 5 nitrogen and oxygen atoms in total. The van der Waals surface area contributed by atoms with Gasteiger partial charge in [0.1, 0.15) is 22.0 Å². The van der Waals surface area contributed by atoms with E-state index in [9.17, 15) is 9.90 Å². The topological polar surface area (TPSA) is 85.4 Å². The number of halogens is 2. The lowest BCUT2D eigenvalue weighted by molar-refractivity contribution is -0.0196. The standard InChI is InChI=1S/C11H14BrClN2O3/c1-5(2)10(18-11(14)17)9(16)6-3-7(12)15-8(13)4-6/h3-5,9-10,16H,1-2H3,(H2,14,17). The first-order chi connectivity index (χ1) is 8.31. The van der Waals surface area contributed by atoms with Gasteiger partial charge < -0.3 is 15.6 Å². The number of aliphatic hydroxyl groups is 1. The molecule has 0 aliphatic heterocycles. The Morgan fingerprint density at radius 2 is 2.17 bits per heavy atom. The molecule has 2 unspecified atom stereocenters. The Morgan fingerprint density at radius 1 is 1.56 bits per heavy atom. The van der Waals surface area contributed by atoms with Crippen molar-refractivity contribution in [2.24, 2.45) is 11.7 Å². The van der Waals surface area contributed by atoms with Gasteiger partial charge in [-0.05, 0) is 39.5 Å². The van der Waals surface area contributed by atoms with Crippen molar-refractivity contribution in [2.75, 3.05) is 0 Å². The van der Waals surface area contributed by atoms with E-state index in [0.717, 1.165) is 0 Å². The Balaban J connectivity index is 3.01. The fourth-order valence-electron chi connectivity index (χ4n) is 1.54. The summed E-state index contributed by atoms with van der Waals surface area (Å²) in [6.45, 7) is 3.63. The Morgan fingerprint density at radius 3 is 2.61 bits per heavy atom. The number of ether oxygens (including phenoxy) is 1. The van der Waals surface area contributed by atoms with E-state index in [-0.39, 0.29) is 11.1 Å². The number of carbonyl (C=O) groups excluding carboxylic acids is 1. The molecule has 100 valence electrons. The van der Waals surface area contributed by atoms with Crippen LogP contribution in [0.2, 0.25) is 5.15 Å². The Kier molecular flexibility index (Phi) is 5.37. The van der Waals surface area contributed by atoms with Gasteiger partial charge in [-0.25, -0.2) is 9.78 Å². The van der Waals surface area contributed by atoms with E-state index in [0.29, 0.717) is 10.2 Å². The van der Waals surface area contributed by atoms with Gasteiger partial charge in [0.05, 0.1) is 0 Å². The molecular formula is C11H14BrClN2O3. The van der Waals surface area contributed by atoms with Gasteiger partial charge in [-0.3, -0.25) is 0 Å². The van der Waals surface area contributed by atoms with E-state index in [2.05, 4.69) is 20.9 Å². The minimum Gasteiger partial charge on any atom is -0.443 e. The molecule has 18 heavy (non-hydrogen) atoms. The summed E-state index contributed by atoms with van der Waals surface area (Å²) in [5, 5.41) is 10.4. The van der Waals surface area contributed by atoms with Gasteiger partial charge in [-0.2, -0.15) is 0 Å². The number of nitrogens with zero attached hydrogens (tertiary/aromatic N) is 1. The zero-order chi connectivity index (χ0) is 13.9. The van der Waals surface area contributed by atoms with Crippen molar-refractivity contribution >= 4 is 33.6 Å². The molecule has 1 aromatic heterocycles. The molecule has 0 saturated heterocycles. The van der Waals surface area contributed by atoms with Crippen LogP contribution in [0.1, 0.15) is 25.5 Å². The third-order valence-corrected chi connectivity index (χ3v) is 2.95. The molecule has 0 saturated carbocycles. The van der Waals surface area contributed by atoms with Crippen LogP contribution in [0.4, 0.5) is 4.79 Å². The summed E-state index contributed by atoms with van der Waals surface area (Å²) in [5.41, 5.74) is 5.49. The first-order valence-corrected chi connectivity index (χ1v) is 6.45. The summed E-state index contributed by atoms with van der Waals surface area (Å²) in [7, 11) is 0. The molecule has 0 aliphatic carbocycles. The molecule has 0 aliphatic rings. The molecular weight excluding hydrogens is 323 g/mol. The number of aliphatic hydroxyl groups excluding tert-OH is 1. The minimum atomic E-state index is -1.02. The van der Waals surface area contributed by atoms with Crippen LogP contribution < -0.4 is 5.73 Å². The average Bonchev–Trinajstić information content (AvgIpc) is 2.23. The molecule has 1 amide bonds. The van der Waals surface area contributed by atoms with Crippen LogP contribution in [0.5, 0.6) is 0 Å². The number of rotatable bonds is 4. The third-order valence-electron chi connectivity index (χ3n) is 2.35. The molecule has 1 rings (SSSR count). The van der Waals surface area contributed by atoms with Crippen LogP contribution in [0.3, 0.4) is 0 Å². The van der Waals surface area contributed by atoms with Gasteiger partial charge in [0.25, 0.3) is 0 Å². The monoisotopic (exact) mass is 336 g/mol. The molecule has 7 heteroatoms. The molecule has 0 fully saturated rings. The zero-order valence-electron chi connectivity index (χ0n) is 9.93. The van der Waals surface area contributed by atoms with Gasteiger partial charge in [0.2, 0.25) is 0 Å². The second-order valence-corrected chi connectivity index (χ2v) is 5.34. The number of carbonyl (C=O) groups is 1. The first kappa shape index (κ1) is 15.2. The number of primary amides is 1. The van der Waals surface area contributed by atoms with Crippen molar-refractivity contribution in [1.29, 1.82) is 0 Å². The van der Waals surface area contributed by atoms with Crippen molar-refractivity contribution in [3.8, 4) is 0 Å². The molecule has 1 heterocycles. The van der Waals surface area contributed by atoms with Crippen LogP contribution >= 0.6 is 27.5 Å². The predicted molar refractivity (Wildman–Crippen MR) is 71.2 cm³/mol. The van der Waals surface area contributed by atoms with Gasteiger partial charge in [0, 0.05) is 0 Å². The van der Waals surface area contributed by atoms with Gasteiger partial charge in [-0.1, -0.05) is 25.4 Å². The second kappa shape index (κ2) is 6.36. The van der Waals surface area contributed by atoms with Crippen LogP contribution in [0.25, 0.3) is 0 Å². The fraction of sp³-hybridized carbons (Fsp3) is 0.455. The largest absolute Gasteiger partial charge is 0.443 e. The van der Waals surface area contributed by atoms with E-state index >= 15 is 0 Å². The van der Waals surface area contributed by atoms with E-state index < -0.39 is 18.3 Å².